The molecule has 0 aliphatic heterocycles. The van der Waals surface area contributed by atoms with Crippen LogP contribution in [-0.2, 0) is 4.79 Å². The molecule has 0 saturated heterocycles. The Balaban J connectivity index is 2.33. The highest BCUT2D eigenvalue weighted by atomic mass is 16.1. The average Bonchev–Trinajstić information content (AvgIpc) is 2.34. The van der Waals surface area contributed by atoms with E-state index in [0.717, 1.165) is 12.8 Å². The third-order valence-corrected chi connectivity index (χ3v) is 2.54. The van der Waals surface area contributed by atoms with E-state index >= 15 is 0 Å². The number of Topliss-reactive ketones (excluding diaryl/α,β-unsaturated/α-hetero) is 2. The van der Waals surface area contributed by atoms with Crippen molar-refractivity contribution >= 4 is 11.6 Å². The van der Waals surface area contributed by atoms with Crippen molar-refractivity contribution in [2.75, 3.05) is 0 Å². The molecule has 0 bridgehead atoms. The highest BCUT2D eigenvalue weighted by Gasteiger charge is 2.08. The third kappa shape index (κ3) is 4.39. The zero-order valence-electron chi connectivity index (χ0n) is 9.74. The molecular formula is C14H18O2. The van der Waals surface area contributed by atoms with Crippen molar-refractivity contribution in [3.05, 3.63) is 35.9 Å². The van der Waals surface area contributed by atoms with E-state index in [-0.39, 0.29) is 11.6 Å². The van der Waals surface area contributed by atoms with Crippen LogP contribution < -0.4 is 0 Å². The Hall–Kier alpha value is -1.44. The van der Waals surface area contributed by atoms with Gasteiger partial charge in [0.1, 0.15) is 5.78 Å². The van der Waals surface area contributed by atoms with Crippen LogP contribution in [0.2, 0.25) is 0 Å². The molecule has 0 spiro atoms. The minimum atomic E-state index is 0.0606. The quantitative estimate of drug-likeness (QED) is 0.657. The summed E-state index contributed by atoms with van der Waals surface area (Å²) in [4.78, 5) is 23.1. The van der Waals surface area contributed by atoms with E-state index in [0.29, 0.717) is 24.8 Å². The summed E-state index contributed by atoms with van der Waals surface area (Å²) in [6.07, 6.45) is 3.29. The molecule has 0 saturated carbocycles. The summed E-state index contributed by atoms with van der Waals surface area (Å²) >= 11 is 0. The molecule has 1 aromatic rings. The smallest absolute Gasteiger partial charge is 0.163 e. The minimum absolute atomic E-state index is 0.0606. The standard InChI is InChI=1S/C14H18O2/c1-2-3-9-13(15)10-11-14(16)12-7-5-4-6-8-12/h4-8H,2-3,9-11H2,1H3. The molecule has 0 atom stereocenters. The molecule has 2 nitrogen and oxygen atoms in total. The summed E-state index contributed by atoms with van der Waals surface area (Å²) in [6.45, 7) is 2.06. The Kier molecular flexibility index (Phi) is 5.48. The van der Waals surface area contributed by atoms with Gasteiger partial charge in [-0.1, -0.05) is 43.7 Å². The lowest BCUT2D eigenvalue weighted by Gasteiger charge is -2.00. The molecule has 0 aliphatic carbocycles. The highest BCUT2D eigenvalue weighted by molar-refractivity contribution is 5.98. The highest BCUT2D eigenvalue weighted by Crippen LogP contribution is 2.07. The first kappa shape index (κ1) is 12.6. The van der Waals surface area contributed by atoms with Crippen molar-refractivity contribution in [2.24, 2.45) is 0 Å². The van der Waals surface area contributed by atoms with Crippen molar-refractivity contribution in [2.45, 2.75) is 39.0 Å². The summed E-state index contributed by atoms with van der Waals surface area (Å²) in [5.74, 6) is 0.261. The van der Waals surface area contributed by atoms with Crippen LogP contribution in [0.4, 0.5) is 0 Å². The number of hydrogen-bond donors (Lipinski definition) is 0. The Labute approximate surface area is 96.7 Å². The molecule has 0 unspecified atom stereocenters. The van der Waals surface area contributed by atoms with Gasteiger partial charge >= 0.3 is 0 Å². The molecule has 86 valence electrons. The van der Waals surface area contributed by atoms with E-state index in [1.807, 2.05) is 18.2 Å². The molecule has 0 radical (unpaired) electrons. The van der Waals surface area contributed by atoms with E-state index in [9.17, 15) is 9.59 Å². The molecule has 0 amide bonds. The SMILES string of the molecule is CCCCC(=O)CCC(=O)c1ccccc1. The summed E-state index contributed by atoms with van der Waals surface area (Å²) in [5, 5.41) is 0. The lowest BCUT2D eigenvalue weighted by atomic mass is 10.0. The van der Waals surface area contributed by atoms with Crippen molar-refractivity contribution in [1.29, 1.82) is 0 Å². The maximum atomic E-state index is 11.7. The van der Waals surface area contributed by atoms with Crippen LogP contribution in [0.5, 0.6) is 0 Å². The topological polar surface area (TPSA) is 34.1 Å². The summed E-state index contributed by atoms with van der Waals surface area (Å²) < 4.78 is 0. The molecule has 1 rings (SSSR count). The number of ketones is 2. The number of hydrogen-bond acceptors (Lipinski definition) is 2. The fourth-order valence-corrected chi connectivity index (χ4v) is 1.52. The number of rotatable bonds is 7. The van der Waals surface area contributed by atoms with Crippen LogP contribution >= 0.6 is 0 Å². The Morgan fingerprint density at radius 1 is 1.00 bits per heavy atom. The van der Waals surface area contributed by atoms with Gasteiger partial charge in [-0.2, -0.15) is 0 Å². The van der Waals surface area contributed by atoms with Crippen LogP contribution in [0, 0.1) is 0 Å². The van der Waals surface area contributed by atoms with E-state index in [4.69, 9.17) is 0 Å². The fraction of sp³-hybridized carbons (Fsp3) is 0.429. The fourth-order valence-electron chi connectivity index (χ4n) is 1.52. The summed E-state index contributed by atoms with van der Waals surface area (Å²) in [7, 11) is 0. The van der Waals surface area contributed by atoms with Crippen molar-refractivity contribution in [1.82, 2.24) is 0 Å². The first-order chi connectivity index (χ1) is 7.74. The molecule has 0 N–H and O–H groups in total. The van der Waals surface area contributed by atoms with Crippen molar-refractivity contribution < 1.29 is 9.59 Å². The molecule has 1 aromatic carbocycles. The second-order valence-corrected chi connectivity index (χ2v) is 3.93. The first-order valence-corrected chi connectivity index (χ1v) is 5.84. The summed E-state index contributed by atoms with van der Waals surface area (Å²) in [5.41, 5.74) is 0.700. The Morgan fingerprint density at radius 3 is 2.31 bits per heavy atom. The minimum Gasteiger partial charge on any atom is -0.300 e. The number of unbranched alkanes of at least 4 members (excludes halogenated alkanes) is 1. The Bertz CT molecular complexity index is 341. The second-order valence-electron chi connectivity index (χ2n) is 3.93. The van der Waals surface area contributed by atoms with Gasteiger partial charge < -0.3 is 0 Å². The maximum absolute atomic E-state index is 11.7. The lowest BCUT2D eigenvalue weighted by Crippen LogP contribution is -2.04. The van der Waals surface area contributed by atoms with Crippen LogP contribution in [0.3, 0.4) is 0 Å². The Morgan fingerprint density at radius 2 is 1.69 bits per heavy atom. The monoisotopic (exact) mass is 218 g/mol. The van der Waals surface area contributed by atoms with Gasteiger partial charge in [0.2, 0.25) is 0 Å². The molecule has 0 aromatic heterocycles. The number of carbonyl (C=O) groups excluding carboxylic acids is 2. The molecule has 0 heterocycles. The van der Waals surface area contributed by atoms with E-state index in [1.165, 1.54) is 0 Å². The number of carbonyl (C=O) groups is 2. The zero-order valence-corrected chi connectivity index (χ0v) is 9.74. The normalized spacial score (nSPS) is 10.1. The van der Waals surface area contributed by atoms with E-state index < -0.39 is 0 Å². The van der Waals surface area contributed by atoms with Gasteiger partial charge in [0.25, 0.3) is 0 Å². The van der Waals surface area contributed by atoms with Crippen molar-refractivity contribution in [3.8, 4) is 0 Å². The molecule has 0 fully saturated rings. The van der Waals surface area contributed by atoms with Gasteiger partial charge in [0.05, 0.1) is 0 Å². The van der Waals surface area contributed by atoms with E-state index in [2.05, 4.69) is 6.92 Å². The van der Waals surface area contributed by atoms with Gasteiger partial charge in [-0.3, -0.25) is 9.59 Å². The molecular weight excluding hydrogens is 200 g/mol. The summed E-state index contributed by atoms with van der Waals surface area (Å²) in [6, 6.07) is 9.14. The van der Waals surface area contributed by atoms with Gasteiger partial charge in [-0.15, -0.1) is 0 Å². The first-order valence-electron chi connectivity index (χ1n) is 5.84. The van der Waals surface area contributed by atoms with Crippen LogP contribution in [-0.4, -0.2) is 11.6 Å². The third-order valence-electron chi connectivity index (χ3n) is 2.54. The zero-order chi connectivity index (χ0) is 11.8. The molecule has 0 aliphatic rings. The van der Waals surface area contributed by atoms with Gasteiger partial charge in [-0.25, -0.2) is 0 Å². The predicted octanol–water partition coefficient (Wildman–Crippen LogP) is 3.41. The van der Waals surface area contributed by atoms with Crippen LogP contribution in [0.1, 0.15) is 49.4 Å². The molecule has 16 heavy (non-hydrogen) atoms. The van der Waals surface area contributed by atoms with Gasteiger partial charge in [-0.05, 0) is 6.42 Å². The molecule has 2 heteroatoms. The maximum Gasteiger partial charge on any atom is 0.163 e. The van der Waals surface area contributed by atoms with Crippen LogP contribution in [0.25, 0.3) is 0 Å². The van der Waals surface area contributed by atoms with E-state index in [1.54, 1.807) is 12.1 Å². The van der Waals surface area contributed by atoms with Crippen LogP contribution in [0.15, 0.2) is 30.3 Å². The largest absolute Gasteiger partial charge is 0.300 e. The number of benzene rings is 1. The predicted molar refractivity (Wildman–Crippen MR) is 64.5 cm³/mol. The average molecular weight is 218 g/mol. The lowest BCUT2D eigenvalue weighted by molar-refractivity contribution is -0.119. The second kappa shape index (κ2) is 6.94. The van der Waals surface area contributed by atoms with Gasteiger partial charge in [0, 0.05) is 24.8 Å². The van der Waals surface area contributed by atoms with Gasteiger partial charge in [0.15, 0.2) is 5.78 Å². The van der Waals surface area contributed by atoms with Crippen molar-refractivity contribution in [3.63, 3.8) is 0 Å².